The van der Waals surface area contributed by atoms with Crippen LogP contribution in [0.1, 0.15) is 46.1 Å². The molecule has 0 aliphatic heterocycles. The van der Waals surface area contributed by atoms with Gasteiger partial charge in [-0.05, 0) is 64.0 Å². The van der Waals surface area contributed by atoms with Gasteiger partial charge >= 0.3 is 0 Å². The average molecular weight is 361 g/mol. The Bertz CT molecular complexity index is 685. The van der Waals surface area contributed by atoms with Crippen LogP contribution in [0.2, 0.25) is 0 Å². The number of aromatic nitrogens is 1. The summed E-state index contributed by atoms with van der Waals surface area (Å²) in [6, 6.07) is 10.5. The predicted octanol–water partition coefficient (Wildman–Crippen LogP) is 4.83. The van der Waals surface area contributed by atoms with E-state index in [1.807, 2.05) is 63.9 Å². The maximum Gasteiger partial charge on any atom is 0.233 e. The van der Waals surface area contributed by atoms with Crippen LogP contribution < -0.4 is 0 Å². The molecule has 2 rings (SSSR count). The van der Waals surface area contributed by atoms with E-state index in [-0.39, 0.29) is 11.6 Å². The van der Waals surface area contributed by atoms with E-state index < -0.39 is 0 Å². The minimum atomic E-state index is -0.354. The molecule has 1 aromatic carbocycles. The standard InChI is InChI=1S/C20H28N2O2S/c1-16(22(15-23)24-20(2,3)4)8-7-11-25-14-17-12-18-9-5-6-10-19(18)21-13-17/h5-6,9-10,12-13,15-16H,7-8,11,14H2,1-4H3/t16-/m0/s1. The number of hydrogen-bond donors (Lipinski definition) is 0. The van der Waals surface area contributed by atoms with Gasteiger partial charge in [0.1, 0.15) is 0 Å². The molecular weight excluding hydrogens is 332 g/mol. The van der Waals surface area contributed by atoms with E-state index in [1.165, 1.54) is 16.0 Å². The maximum atomic E-state index is 11.2. The van der Waals surface area contributed by atoms with Crippen molar-refractivity contribution in [1.29, 1.82) is 0 Å². The summed E-state index contributed by atoms with van der Waals surface area (Å²) in [6.07, 6.45) is 4.72. The van der Waals surface area contributed by atoms with Crippen molar-refractivity contribution in [2.24, 2.45) is 0 Å². The Balaban J connectivity index is 1.72. The number of benzene rings is 1. The van der Waals surface area contributed by atoms with Gasteiger partial charge in [0.2, 0.25) is 6.41 Å². The molecule has 1 amide bonds. The lowest BCUT2D eigenvalue weighted by Gasteiger charge is -2.31. The normalized spacial score (nSPS) is 13.0. The molecule has 0 unspecified atom stereocenters. The molecule has 0 bridgehead atoms. The van der Waals surface area contributed by atoms with Crippen molar-refractivity contribution in [1.82, 2.24) is 10.0 Å². The molecule has 5 heteroatoms. The summed E-state index contributed by atoms with van der Waals surface area (Å²) in [5, 5.41) is 2.63. The highest BCUT2D eigenvalue weighted by Gasteiger charge is 2.20. The number of pyridine rings is 1. The number of carbonyl (C=O) groups excluding carboxylic acids is 1. The highest BCUT2D eigenvalue weighted by atomic mass is 32.2. The zero-order chi connectivity index (χ0) is 18.3. The SMILES string of the molecule is C[C@@H](CCCSCc1cnc2ccccc2c1)N(C=O)OC(C)(C)C. The van der Waals surface area contributed by atoms with Gasteiger partial charge in [0.05, 0.1) is 17.2 Å². The molecule has 2 aromatic rings. The van der Waals surface area contributed by atoms with Gasteiger partial charge in [-0.1, -0.05) is 18.2 Å². The third-order valence-corrected chi connectivity index (χ3v) is 4.86. The van der Waals surface area contributed by atoms with Crippen LogP contribution >= 0.6 is 11.8 Å². The van der Waals surface area contributed by atoms with Crippen LogP contribution in [0, 0.1) is 0 Å². The van der Waals surface area contributed by atoms with Crippen LogP contribution in [-0.4, -0.2) is 33.9 Å². The van der Waals surface area contributed by atoms with E-state index in [1.54, 1.807) is 0 Å². The fourth-order valence-electron chi connectivity index (χ4n) is 2.53. The molecule has 0 radical (unpaired) electrons. The fraction of sp³-hybridized carbons (Fsp3) is 0.500. The first-order chi connectivity index (χ1) is 11.9. The molecule has 0 aliphatic rings. The van der Waals surface area contributed by atoms with Crippen LogP contribution in [0.3, 0.4) is 0 Å². The molecular formula is C20H28N2O2S. The number of carbonyl (C=O) groups is 1. The number of amides is 1. The molecule has 1 aromatic heterocycles. The van der Waals surface area contributed by atoms with Crippen molar-refractivity contribution in [2.75, 3.05) is 5.75 Å². The van der Waals surface area contributed by atoms with Crippen molar-refractivity contribution >= 4 is 29.1 Å². The fourth-order valence-corrected chi connectivity index (χ4v) is 3.43. The average Bonchev–Trinajstić information content (AvgIpc) is 2.58. The summed E-state index contributed by atoms with van der Waals surface area (Å²) < 4.78 is 0. The van der Waals surface area contributed by atoms with E-state index in [9.17, 15) is 4.79 Å². The second-order valence-corrected chi connectivity index (χ2v) is 8.35. The van der Waals surface area contributed by atoms with Crippen LogP contribution in [0.25, 0.3) is 10.9 Å². The van der Waals surface area contributed by atoms with E-state index in [2.05, 4.69) is 17.1 Å². The van der Waals surface area contributed by atoms with Crippen LogP contribution in [0.4, 0.5) is 0 Å². The molecule has 25 heavy (non-hydrogen) atoms. The van der Waals surface area contributed by atoms with Gasteiger partial charge in [0.25, 0.3) is 0 Å². The molecule has 1 atom stereocenters. The predicted molar refractivity (Wildman–Crippen MR) is 105 cm³/mol. The van der Waals surface area contributed by atoms with Gasteiger partial charge < -0.3 is 0 Å². The van der Waals surface area contributed by atoms with Crippen molar-refractivity contribution in [3.05, 3.63) is 42.1 Å². The number of rotatable bonds is 9. The number of hydroxylamine groups is 2. The summed E-state index contributed by atoms with van der Waals surface area (Å²) in [5.41, 5.74) is 1.94. The van der Waals surface area contributed by atoms with Crippen molar-refractivity contribution in [2.45, 2.75) is 57.9 Å². The Kier molecular flexibility index (Phi) is 7.26. The topological polar surface area (TPSA) is 42.4 Å². The molecule has 4 nitrogen and oxygen atoms in total. The minimum absolute atomic E-state index is 0.0830. The monoisotopic (exact) mass is 360 g/mol. The molecule has 0 N–H and O–H groups in total. The molecule has 0 saturated heterocycles. The van der Waals surface area contributed by atoms with Gasteiger partial charge in [0, 0.05) is 17.3 Å². The third-order valence-electron chi connectivity index (χ3n) is 3.74. The summed E-state index contributed by atoms with van der Waals surface area (Å²) in [6.45, 7) is 7.87. The second-order valence-electron chi connectivity index (χ2n) is 7.25. The van der Waals surface area contributed by atoms with Gasteiger partial charge in [-0.15, -0.1) is 0 Å². The Labute approximate surface area is 154 Å². The first-order valence-corrected chi connectivity index (χ1v) is 9.89. The van der Waals surface area contributed by atoms with Crippen molar-refractivity contribution in [3.63, 3.8) is 0 Å². The van der Waals surface area contributed by atoms with E-state index >= 15 is 0 Å². The lowest BCUT2D eigenvalue weighted by atomic mass is 10.2. The molecule has 0 fully saturated rings. The molecule has 0 saturated carbocycles. The van der Waals surface area contributed by atoms with Gasteiger partial charge in [-0.25, -0.2) is 5.06 Å². The van der Waals surface area contributed by atoms with E-state index in [0.717, 1.165) is 36.3 Å². The Morgan fingerprint density at radius 3 is 2.80 bits per heavy atom. The minimum Gasteiger partial charge on any atom is -0.276 e. The van der Waals surface area contributed by atoms with Crippen LogP contribution in [0.5, 0.6) is 0 Å². The van der Waals surface area contributed by atoms with Crippen LogP contribution in [0.15, 0.2) is 36.5 Å². The number of hydrogen-bond acceptors (Lipinski definition) is 4. The number of fused-ring (bicyclic) bond motifs is 1. The quantitative estimate of drug-likeness (QED) is 0.365. The number of para-hydroxylation sites is 1. The zero-order valence-corrected chi connectivity index (χ0v) is 16.4. The largest absolute Gasteiger partial charge is 0.276 e. The summed E-state index contributed by atoms with van der Waals surface area (Å²) >= 11 is 1.90. The highest BCUT2D eigenvalue weighted by molar-refractivity contribution is 7.98. The second kappa shape index (κ2) is 9.20. The van der Waals surface area contributed by atoms with Crippen LogP contribution in [-0.2, 0) is 15.4 Å². The first-order valence-electron chi connectivity index (χ1n) is 8.73. The first kappa shape index (κ1) is 19.7. The lowest BCUT2D eigenvalue weighted by Crippen LogP contribution is -2.38. The van der Waals surface area contributed by atoms with E-state index in [0.29, 0.717) is 0 Å². The molecule has 1 heterocycles. The van der Waals surface area contributed by atoms with Crippen molar-refractivity contribution in [3.8, 4) is 0 Å². The summed E-state index contributed by atoms with van der Waals surface area (Å²) in [7, 11) is 0. The zero-order valence-electron chi connectivity index (χ0n) is 15.6. The van der Waals surface area contributed by atoms with Gasteiger partial charge in [-0.3, -0.25) is 14.6 Å². The Morgan fingerprint density at radius 1 is 1.32 bits per heavy atom. The third kappa shape index (κ3) is 6.67. The number of nitrogens with zero attached hydrogens (tertiary/aromatic N) is 2. The molecule has 0 aliphatic carbocycles. The Hall–Kier alpha value is -1.59. The smallest absolute Gasteiger partial charge is 0.233 e. The van der Waals surface area contributed by atoms with Gasteiger partial charge in [-0.2, -0.15) is 11.8 Å². The summed E-state index contributed by atoms with van der Waals surface area (Å²) in [4.78, 5) is 21.4. The summed E-state index contributed by atoms with van der Waals surface area (Å²) in [5.74, 6) is 2.02. The number of thioether (sulfide) groups is 1. The Morgan fingerprint density at radius 2 is 2.08 bits per heavy atom. The van der Waals surface area contributed by atoms with Crippen molar-refractivity contribution < 1.29 is 9.63 Å². The maximum absolute atomic E-state index is 11.2. The molecule has 0 spiro atoms. The lowest BCUT2D eigenvalue weighted by molar-refractivity contribution is -0.230. The highest BCUT2D eigenvalue weighted by Crippen LogP contribution is 2.19. The molecule has 136 valence electrons. The van der Waals surface area contributed by atoms with Gasteiger partial charge in [0.15, 0.2) is 0 Å². The van der Waals surface area contributed by atoms with E-state index in [4.69, 9.17) is 4.84 Å².